The summed E-state index contributed by atoms with van der Waals surface area (Å²) in [6.07, 6.45) is 0.203. The zero-order chi connectivity index (χ0) is 13.7. The van der Waals surface area contributed by atoms with Crippen LogP contribution in [0.4, 0.5) is 0 Å². The van der Waals surface area contributed by atoms with Crippen molar-refractivity contribution in [3.05, 3.63) is 29.8 Å². The maximum Gasteiger partial charge on any atom is 0.303 e. The van der Waals surface area contributed by atoms with Gasteiger partial charge in [-0.05, 0) is 29.5 Å². The summed E-state index contributed by atoms with van der Waals surface area (Å²) in [4.78, 5) is 12.1. The monoisotopic (exact) mass is 266 g/mol. The highest BCUT2D eigenvalue weighted by atomic mass is 32.2. The molecule has 0 aromatic heterocycles. The minimum atomic E-state index is -0.727. The molecule has 3 heteroatoms. The fourth-order valence-corrected chi connectivity index (χ4v) is 2.83. The number of hydrogen-bond donors (Lipinski definition) is 1. The first kappa shape index (κ1) is 15.1. The quantitative estimate of drug-likeness (QED) is 0.775. The molecule has 18 heavy (non-hydrogen) atoms. The minimum Gasteiger partial charge on any atom is -0.481 e. The lowest BCUT2D eigenvalue weighted by Crippen LogP contribution is -2.12. The Bertz CT molecular complexity index is 382. The summed E-state index contributed by atoms with van der Waals surface area (Å²) >= 11 is 1.82. The first-order valence-corrected chi connectivity index (χ1v) is 7.26. The Balaban J connectivity index is 2.83. The van der Waals surface area contributed by atoms with E-state index in [1.54, 1.807) is 0 Å². The molecule has 0 aliphatic carbocycles. The van der Waals surface area contributed by atoms with Crippen molar-refractivity contribution in [1.82, 2.24) is 0 Å². The molecule has 1 atom stereocenters. The molecule has 0 aliphatic rings. The third-order valence-electron chi connectivity index (χ3n) is 2.88. The molecule has 1 aromatic rings. The summed E-state index contributed by atoms with van der Waals surface area (Å²) in [6, 6.07) is 8.32. The summed E-state index contributed by atoms with van der Waals surface area (Å²) < 4.78 is 0. The molecule has 0 bridgehead atoms. The van der Waals surface area contributed by atoms with Crippen LogP contribution in [0.3, 0.4) is 0 Å². The van der Waals surface area contributed by atoms with E-state index in [4.69, 9.17) is 5.11 Å². The molecule has 2 nitrogen and oxygen atoms in total. The van der Waals surface area contributed by atoms with E-state index in [9.17, 15) is 4.79 Å². The van der Waals surface area contributed by atoms with Crippen LogP contribution in [0.1, 0.15) is 45.6 Å². The molecule has 0 saturated carbocycles. The molecule has 0 aliphatic heterocycles. The van der Waals surface area contributed by atoms with Gasteiger partial charge in [-0.1, -0.05) is 39.8 Å². The Morgan fingerprint density at radius 3 is 2.11 bits per heavy atom. The van der Waals surface area contributed by atoms with Crippen LogP contribution in [0.25, 0.3) is 0 Å². The van der Waals surface area contributed by atoms with E-state index in [1.165, 1.54) is 4.90 Å². The van der Waals surface area contributed by atoms with Crippen LogP contribution >= 0.6 is 11.8 Å². The predicted molar refractivity (Wildman–Crippen MR) is 77.3 cm³/mol. The third kappa shape index (κ3) is 4.73. The van der Waals surface area contributed by atoms with Crippen molar-refractivity contribution in [2.75, 3.05) is 0 Å². The highest BCUT2D eigenvalue weighted by Crippen LogP contribution is 2.30. The lowest BCUT2D eigenvalue weighted by atomic mass is 9.86. The van der Waals surface area contributed by atoms with Gasteiger partial charge in [0.05, 0.1) is 6.42 Å². The van der Waals surface area contributed by atoms with Crippen LogP contribution in [-0.4, -0.2) is 16.3 Å². The van der Waals surface area contributed by atoms with E-state index < -0.39 is 5.97 Å². The van der Waals surface area contributed by atoms with Crippen molar-refractivity contribution in [1.29, 1.82) is 0 Å². The van der Waals surface area contributed by atoms with Crippen LogP contribution in [-0.2, 0) is 4.79 Å². The number of aliphatic carboxylic acids is 1. The first-order valence-electron chi connectivity index (χ1n) is 6.38. The van der Waals surface area contributed by atoms with Crippen LogP contribution in [0.5, 0.6) is 0 Å². The van der Waals surface area contributed by atoms with Gasteiger partial charge in [0, 0.05) is 10.1 Å². The second-order valence-corrected chi connectivity index (χ2v) is 6.83. The molecule has 0 heterocycles. The van der Waals surface area contributed by atoms with Crippen LogP contribution in [0.15, 0.2) is 29.2 Å². The summed E-state index contributed by atoms with van der Waals surface area (Å²) in [5.41, 5.74) is 1.13. The Kier molecular flexibility index (Phi) is 5.73. The Morgan fingerprint density at radius 2 is 1.72 bits per heavy atom. The van der Waals surface area contributed by atoms with Gasteiger partial charge in [0.2, 0.25) is 0 Å². The molecule has 1 rings (SSSR count). The number of carboxylic acid groups (broad SMARTS) is 1. The number of thioether (sulfide) groups is 1. The average Bonchev–Trinajstić information content (AvgIpc) is 2.26. The minimum absolute atomic E-state index is 0.0978. The van der Waals surface area contributed by atoms with Gasteiger partial charge in [0.1, 0.15) is 0 Å². The third-order valence-corrected chi connectivity index (χ3v) is 3.90. The van der Waals surface area contributed by atoms with Crippen LogP contribution in [0.2, 0.25) is 0 Å². The lowest BCUT2D eigenvalue weighted by Gasteiger charge is -2.19. The largest absolute Gasteiger partial charge is 0.481 e. The zero-order valence-corrected chi connectivity index (χ0v) is 12.3. The number of carboxylic acids is 1. The van der Waals surface area contributed by atoms with Crippen molar-refractivity contribution < 1.29 is 9.90 Å². The standard InChI is InChI=1S/C15H22O2S/c1-10(2)14(9-15(16)17)12-5-7-13(8-6-12)18-11(3)4/h5-8,10-11,14H,9H2,1-4H3,(H,16,17). The maximum absolute atomic E-state index is 10.9. The van der Waals surface area contributed by atoms with E-state index in [1.807, 2.05) is 11.8 Å². The smallest absolute Gasteiger partial charge is 0.303 e. The second-order valence-electron chi connectivity index (χ2n) is 5.18. The van der Waals surface area contributed by atoms with Crippen molar-refractivity contribution >= 4 is 17.7 Å². The van der Waals surface area contributed by atoms with Gasteiger partial charge in [-0.3, -0.25) is 4.79 Å². The molecule has 0 saturated heterocycles. The molecule has 0 spiro atoms. The van der Waals surface area contributed by atoms with E-state index in [2.05, 4.69) is 52.0 Å². The van der Waals surface area contributed by atoms with E-state index in [0.717, 1.165) is 5.56 Å². The van der Waals surface area contributed by atoms with Crippen molar-refractivity contribution in [2.24, 2.45) is 5.92 Å². The van der Waals surface area contributed by atoms with E-state index >= 15 is 0 Å². The summed E-state index contributed by atoms with van der Waals surface area (Å²) in [6.45, 7) is 8.48. The predicted octanol–water partition coefficient (Wildman–Crippen LogP) is 4.40. The molecule has 1 aromatic carbocycles. The van der Waals surface area contributed by atoms with Crippen molar-refractivity contribution in [2.45, 2.75) is 50.2 Å². The van der Waals surface area contributed by atoms with Gasteiger partial charge in [-0.25, -0.2) is 0 Å². The molecule has 0 fully saturated rings. The van der Waals surface area contributed by atoms with Gasteiger partial charge in [0.25, 0.3) is 0 Å². The van der Waals surface area contributed by atoms with Gasteiger partial charge in [-0.2, -0.15) is 0 Å². The topological polar surface area (TPSA) is 37.3 Å². The van der Waals surface area contributed by atoms with Crippen molar-refractivity contribution in [3.63, 3.8) is 0 Å². The van der Waals surface area contributed by atoms with Crippen LogP contribution in [0, 0.1) is 5.92 Å². The van der Waals surface area contributed by atoms with Crippen molar-refractivity contribution in [3.8, 4) is 0 Å². The van der Waals surface area contributed by atoms with Gasteiger partial charge < -0.3 is 5.11 Å². The second kappa shape index (κ2) is 6.83. The Labute approximate surface area is 114 Å². The average molecular weight is 266 g/mol. The zero-order valence-electron chi connectivity index (χ0n) is 11.5. The fourth-order valence-electron chi connectivity index (χ4n) is 1.99. The molecule has 1 N–H and O–H groups in total. The number of carbonyl (C=O) groups is 1. The first-order chi connectivity index (χ1) is 8.40. The molecular weight excluding hydrogens is 244 g/mol. The number of benzene rings is 1. The molecule has 100 valence electrons. The highest BCUT2D eigenvalue weighted by molar-refractivity contribution is 7.99. The van der Waals surface area contributed by atoms with Gasteiger partial charge in [0.15, 0.2) is 0 Å². The molecular formula is C15H22O2S. The number of rotatable bonds is 6. The highest BCUT2D eigenvalue weighted by Gasteiger charge is 2.19. The SMILES string of the molecule is CC(C)Sc1ccc(C(CC(=O)O)C(C)C)cc1. The lowest BCUT2D eigenvalue weighted by molar-refractivity contribution is -0.137. The summed E-state index contributed by atoms with van der Waals surface area (Å²) in [5, 5.41) is 9.53. The Morgan fingerprint density at radius 1 is 1.17 bits per heavy atom. The summed E-state index contributed by atoms with van der Waals surface area (Å²) in [7, 11) is 0. The van der Waals surface area contributed by atoms with E-state index in [0.29, 0.717) is 11.2 Å². The number of hydrogen-bond acceptors (Lipinski definition) is 2. The Hall–Kier alpha value is -0.960. The molecule has 0 radical (unpaired) electrons. The van der Waals surface area contributed by atoms with Gasteiger partial charge in [-0.15, -0.1) is 11.8 Å². The summed E-state index contributed by atoms with van der Waals surface area (Å²) in [5.74, 6) is -0.292. The van der Waals surface area contributed by atoms with Crippen LogP contribution < -0.4 is 0 Å². The molecule has 1 unspecified atom stereocenters. The van der Waals surface area contributed by atoms with E-state index in [-0.39, 0.29) is 12.3 Å². The van der Waals surface area contributed by atoms with Gasteiger partial charge >= 0.3 is 5.97 Å². The molecule has 0 amide bonds. The fraction of sp³-hybridized carbons (Fsp3) is 0.533. The normalized spacial score (nSPS) is 13.0. The maximum atomic E-state index is 10.9.